The highest BCUT2D eigenvalue weighted by molar-refractivity contribution is 5.76. The minimum atomic E-state index is -4.28. The number of hydrogen-bond acceptors (Lipinski definition) is 2. The van der Waals surface area contributed by atoms with E-state index in [1.54, 1.807) is 0 Å². The fraction of sp³-hybridized carbons (Fsp3) is 0.562. The summed E-state index contributed by atoms with van der Waals surface area (Å²) in [6, 6.07) is 10.2. The van der Waals surface area contributed by atoms with Gasteiger partial charge in [0.25, 0.3) is 0 Å². The predicted molar refractivity (Wildman–Crippen MR) is 78.2 cm³/mol. The maximum absolute atomic E-state index is 12.1. The van der Waals surface area contributed by atoms with Crippen molar-refractivity contribution in [3.8, 4) is 0 Å². The zero-order valence-corrected chi connectivity index (χ0v) is 12.6. The SMILES string of the molecule is C[C@H]1C[C@@H](NC(=O)CCC(F)(F)F)CN1Cc1ccccc1. The van der Waals surface area contributed by atoms with Crippen molar-refractivity contribution in [1.29, 1.82) is 0 Å². The molecule has 1 aliphatic rings. The normalized spacial score (nSPS) is 22.7. The Hall–Kier alpha value is -1.56. The maximum atomic E-state index is 12.1. The molecule has 0 radical (unpaired) electrons. The standard InChI is InChI=1S/C16H21F3N2O/c1-12-9-14(20-15(22)7-8-16(17,18)19)11-21(12)10-13-5-3-2-4-6-13/h2-6,12,14H,7-11H2,1H3,(H,20,22)/t12-,14+/m0/s1. The van der Waals surface area contributed by atoms with Crippen LogP contribution in [0, 0.1) is 0 Å². The zero-order chi connectivity index (χ0) is 16.2. The van der Waals surface area contributed by atoms with Gasteiger partial charge in [0.1, 0.15) is 0 Å². The third kappa shape index (κ3) is 5.33. The molecular formula is C16H21F3N2O. The summed E-state index contributed by atoms with van der Waals surface area (Å²) in [5.74, 6) is -0.518. The molecule has 22 heavy (non-hydrogen) atoms. The minimum absolute atomic E-state index is 0.0700. The van der Waals surface area contributed by atoms with Gasteiger partial charge in [-0.2, -0.15) is 13.2 Å². The molecule has 0 spiro atoms. The van der Waals surface area contributed by atoms with Crippen LogP contribution in [-0.2, 0) is 11.3 Å². The van der Waals surface area contributed by atoms with Crippen LogP contribution in [0.25, 0.3) is 0 Å². The van der Waals surface area contributed by atoms with Crippen LogP contribution in [0.2, 0.25) is 0 Å². The summed E-state index contributed by atoms with van der Waals surface area (Å²) in [7, 11) is 0. The molecule has 6 heteroatoms. The lowest BCUT2D eigenvalue weighted by molar-refractivity contribution is -0.144. The van der Waals surface area contributed by atoms with Gasteiger partial charge in [0.2, 0.25) is 5.91 Å². The number of carbonyl (C=O) groups is 1. The van der Waals surface area contributed by atoms with Gasteiger partial charge < -0.3 is 5.32 Å². The molecule has 2 rings (SSSR count). The summed E-state index contributed by atoms with van der Waals surface area (Å²) in [5, 5.41) is 2.72. The fourth-order valence-corrected chi connectivity index (χ4v) is 2.80. The molecule has 1 amide bonds. The van der Waals surface area contributed by atoms with Crippen LogP contribution < -0.4 is 5.32 Å². The lowest BCUT2D eigenvalue weighted by Gasteiger charge is -2.20. The summed E-state index contributed by atoms with van der Waals surface area (Å²) in [6.07, 6.45) is -5.06. The molecule has 1 heterocycles. The van der Waals surface area contributed by atoms with E-state index in [0.717, 1.165) is 13.0 Å². The molecule has 2 atom stereocenters. The van der Waals surface area contributed by atoms with E-state index in [0.29, 0.717) is 12.6 Å². The Labute approximate surface area is 128 Å². The molecular weight excluding hydrogens is 293 g/mol. The highest BCUT2D eigenvalue weighted by atomic mass is 19.4. The van der Waals surface area contributed by atoms with Crippen LogP contribution in [0.3, 0.4) is 0 Å². The molecule has 0 bridgehead atoms. The van der Waals surface area contributed by atoms with E-state index in [9.17, 15) is 18.0 Å². The molecule has 3 nitrogen and oxygen atoms in total. The lowest BCUT2D eigenvalue weighted by Crippen LogP contribution is -2.37. The summed E-state index contributed by atoms with van der Waals surface area (Å²) in [5.41, 5.74) is 1.19. The van der Waals surface area contributed by atoms with E-state index in [1.165, 1.54) is 5.56 Å². The van der Waals surface area contributed by atoms with Gasteiger partial charge in [0.05, 0.1) is 6.42 Å². The molecule has 122 valence electrons. The van der Waals surface area contributed by atoms with Crippen molar-refractivity contribution in [1.82, 2.24) is 10.2 Å². The maximum Gasteiger partial charge on any atom is 0.389 e. The molecule has 1 fully saturated rings. The fourth-order valence-electron chi connectivity index (χ4n) is 2.80. The number of alkyl halides is 3. The summed E-state index contributed by atoms with van der Waals surface area (Å²) < 4.78 is 36.3. The van der Waals surface area contributed by atoms with E-state index in [2.05, 4.69) is 17.1 Å². The summed E-state index contributed by atoms with van der Waals surface area (Å²) >= 11 is 0. The highest BCUT2D eigenvalue weighted by Crippen LogP contribution is 2.22. The quantitative estimate of drug-likeness (QED) is 0.906. The molecule has 1 aromatic rings. The smallest absolute Gasteiger partial charge is 0.352 e. The first kappa shape index (κ1) is 16.8. The second-order valence-electron chi connectivity index (χ2n) is 5.88. The first-order valence-electron chi connectivity index (χ1n) is 7.47. The van der Waals surface area contributed by atoms with Crippen molar-refractivity contribution in [3.05, 3.63) is 35.9 Å². The monoisotopic (exact) mass is 314 g/mol. The third-order valence-corrected chi connectivity index (χ3v) is 3.93. The van der Waals surface area contributed by atoms with Crippen molar-refractivity contribution in [2.24, 2.45) is 0 Å². The second kappa shape index (κ2) is 7.13. The zero-order valence-electron chi connectivity index (χ0n) is 12.6. The van der Waals surface area contributed by atoms with Crippen molar-refractivity contribution in [2.45, 2.75) is 51.0 Å². The molecule has 0 aliphatic carbocycles. The number of rotatable bonds is 5. The van der Waals surface area contributed by atoms with Gasteiger partial charge in [-0.15, -0.1) is 0 Å². The van der Waals surface area contributed by atoms with Crippen molar-refractivity contribution in [3.63, 3.8) is 0 Å². The van der Waals surface area contributed by atoms with Crippen LogP contribution in [0.15, 0.2) is 30.3 Å². The Bertz CT molecular complexity index is 490. The van der Waals surface area contributed by atoms with Gasteiger partial charge in [-0.25, -0.2) is 0 Å². The van der Waals surface area contributed by atoms with Gasteiger partial charge in [0.15, 0.2) is 0 Å². The third-order valence-electron chi connectivity index (χ3n) is 3.93. The first-order valence-corrected chi connectivity index (χ1v) is 7.47. The number of benzene rings is 1. The molecule has 0 aromatic heterocycles. The van der Waals surface area contributed by atoms with Gasteiger partial charge in [-0.1, -0.05) is 30.3 Å². The Morgan fingerprint density at radius 3 is 2.64 bits per heavy atom. The number of likely N-dealkylation sites (tertiary alicyclic amines) is 1. The second-order valence-corrected chi connectivity index (χ2v) is 5.88. The van der Waals surface area contributed by atoms with Crippen molar-refractivity contribution in [2.75, 3.05) is 6.54 Å². The van der Waals surface area contributed by atoms with Crippen molar-refractivity contribution < 1.29 is 18.0 Å². The van der Waals surface area contributed by atoms with Crippen LogP contribution in [0.1, 0.15) is 31.7 Å². The molecule has 0 unspecified atom stereocenters. The predicted octanol–water partition coefficient (Wildman–Crippen LogP) is 3.11. The Balaban J connectivity index is 1.79. The molecule has 1 aliphatic heterocycles. The van der Waals surface area contributed by atoms with Gasteiger partial charge in [-0.3, -0.25) is 9.69 Å². The lowest BCUT2D eigenvalue weighted by atomic mass is 10.1. The van der Waals surface area contributed by atoms with Crippen LogP contribution in [-0.4, -0.2) is 35.6 Å². The van der Waals surface area contributed by atoms with E-state index in [-0.39, 0.29) is 6.04 Å². The summed E-state index contributed by atoms with van der Waals surface area (Å²) in [6.45, 7) is 3.54. The molecule has 1 saturated heterocycles. The number of nitrogens with zero attached hydrogens (tertiary/aromatic N) is 1. The topological polar surface area (TPSA) is 32.3 Å². The van der Waals surface area contributed by atoms with Crippen LogP contribution in [0.5, 0.6) is 0 Å². The van der Waals surface area contributed by atoms with Crippen LogP contribution in [0.4, 0.5) is 13.2 Å². The van der Waals surface area contributed by atoms with Gasteiger partial charge in [-0.05, 0) is 18.9 Å². The number of carbonyl (C=O) groups excluding carboxylic acids is 1. The Morgan fingerprint density at radius 2 is 2.00 bits per heavy atom. The number of amides is 1. The van der Waals surface area contributed by atoms with Gasteiger partial charge in [0, 0.05) is 31.6 Å². The average Bonchev–Trinajstić information content (AvgIpc) is 2.77. The molecule has 0 saturated carbocycles. The number of halogens is 3. The Morgan fingerprint density at radius 1 is 1.32 bits per heavy atom. The average molecular weight is 314 g/mol. The molecule has 1 N–H and O–H groups in total. The van der Waals surface area contributed by atoms with Crippen molar-refractivity contribution >= 4 is 5.91 Å². The van der Waals surface area contributed by atoms with E-state index < -0.39 is 24.9 Å². The van der Waals surface area contributed by atoms with E-state index >= 15 is 0 Å². The Kier molecular flexibility index (Phi) is 5.45. The number of hydrogen-bond donors (Lipinski definition) is 1. The molecule has 1 aromatic carbocycles. The first-order chi connectivity index (χ1) is 10.3. The van der Waals surface area contributed by atoms with Crippen LogP contribution >= 0.6 is 0 Å². The van der Waals surface area contributed by atoms with E-state index in [4.69, 9.17) is 0 Å². The highest BCUT2D eigenvalue weighted by Gasteiger charge is 2.31. The van der Waals surface area contributed by atoms with E-state index in [1.807, 2.05) is 30.3 Å². The summed E-state index contributed by atoms with van der Waals surface area (Å²) in [4.78, 5) is 13.8. The minimum Gasteiger partial charge on any atom is -0.352 e. The largest absolute Gasteiger partial charge is 0.389 e. The van der Waals surface area contributed by atoms with Gasteiger partial charge >= 0.3 is 6.18 Å². The number of nitrogens with one attached hydrogen (secondary N) is 1.